The van der Waals surface area contributed by atoms with Crippen molar-refractivity contribution >= 4 is 23.4 Å². The first kappa shape index (κ1) is 32.8. The zero-order chi connectivity index (χ0) is 31.8. The second-order valence-corrected chi connectivity index (χ2v) is 12.4. The highest BCUT2D eigenvalue weighted by atomic mass is 19.1. The number of benzene rings is 2. The van der Waals surface area contributed by atoms with E-state index in [4.69, 9.17) is 5.73 Å². The highest BCUT2D eigenvalue weighted by molar-refractivity contribution is 5.99. The monoisotopic (exact) mass is 601 g/mol. The maximum Gasteiger partial charge on any atom is 0.272 e. The molecule has 3 amide bonds. The van der Waals surface area contributed by atoms with E-state index in [0.29, 0.717) is 42.2 Å². The minimum absolute atomic E-state index is 0.149. The van der Waals surface area contributed by atoms with E-state index in [-0.39, 0.29) is 35.3 Å². The zero-order valence-corrected chi connectivity index (χ0v) is 26.1. The lowest BCUT2D eigenvalue weighted by Crippen LogP contribution is -2.50. The highest BCUT2D eigenvalue weighted by Crippen LogP contribution is 2.25. The second kappa shape index (κ2) is 15.1. The molecule has 1 aromatic heterocycles. The van der Waals surface area contributed by atoms with Crippen LogP contribution < -0.4 is 16.4 Å². The number of hydrogen-bond donors (Lipinski definition) is 3. The fourth-order valence-corrected chi connectivity index (χ4v) is 5.86. The van der Waals surface area contributed by atoms with Crippen LogP contribution in [0.5, 0.6) is 0 Å². The molecule has 3 aromatic rings. The molecular formula is C35H44FN5O3. The van der Waals surface area contributed by atoms with E-state index in [1.807, 2.05) is 35.2 Å². The lowest BCUT2D eigenvalue weighted by Gasteiger charge is -2.28. The number of hydrogen-bond acceptors (Lipinski definition) is 5. The van der Waals surface area contributed by atoms with E-state index in [1.165, 1.54) is 24.3 Å². The number of carbonyl (C=O) groups excluding carboxylic acids is 3. The quantitative estimate of drug-likeness (QED) is 0.253. The Bertz CT molecular complexity index is 1430. The fourth-order valence-electron chi connectivity index (χ4n) is 5.86. The number of amides is 3. The maximum absolute atomic E-state index is 13.7. The van der Waals surface area contributed by atoms with Crippen molar-refractivity contribution in [2.24, 2.45) is 17.6 Å². The Balaban J connectivity index is 1.49. The number of rotatable bonds is 12. The van der Waals surface area contributed by atoms with Crippen LogP contribution in [0, 0.1) is 24.6 Å². The normalized spacial score (nSPS) is 16.8. The van der Waals surface area contributed by atoms with Gasteiger partial charge in [-0.25, -0.2) is 9.37 Å². The summed E-state index contributed by atoms with van der Waals surface area (Å²) in [6.45, 7) is 8.55. The lowest BCUT2D eigenvalue weighted by atomic mass is 9.92. The number of aromatic nitrogens is 1. The van der Waals surface area contributed by atoms with E-state index in [0.717, 1.165) is 24.8 Å². The smallest absolute Gasteiger partial charge is 0.272 e. The van der Waals surface area contributed by atoms with Gasteiger partial charge in [0.1, 0.15) is 11.5 Å². The molecule has 1 aliphatic heterocycles. The molecule has 9 heteroatoms. The molecule has 0 aliphatic carbocycles. The van der Waals surface area contributed by atoms with Gasteiger partial charge in [0.05, 0.1) is 0 Å². The van der Waals surface area contributed by atoms with Crippen LogP contribution in [-0.4, -0.2) is 52.3 Å². The van der Waals surface area contributed by atoms with Crippen molar-refractivity contribution in [3.63, 3.8) is 0 Å². The lowest BCUT2D eigenvalue weighted by molar-refractivity contribution is -0.119. The number of anilines is 1. The molecule has 0 unspecified atom stereocenters. The average molecular weight is 602 g/mol. The van der Waals surface area contributed by atoms with Crippen molar-refractivity contribution in [1.29, 1.82) is 0 Å². The molecule has 1 aliphatic rings. The van der Waals surface area contributed by atoms with E-state index < -0.39 is 18.0 Å². The number of carbonyl (C=O) groups is 3. The van der Waals surface area contributed by atoms with E-state index in [9.17, 15) is 18.8 Å². The number of halogens is 1. The van der Waals surface area contributed by atoms with E-state index >= 15 is 0 Å². The van der Waals surface area contributed by atoms with Crippen LogP contribution in [0.4, 0.5) is 10.1 Å². The Morgan fingerprint density at radius 3 is 2.43 bits per heavy atom. The first-order valence-corrected chi connectivity index (χ1v) is 15.5. The van der Waals surface area contributed by atoms with E-state index in [1.54, 1.807) is 26.0 Å². The molecule has 0 radical (unpaired) electrons. The summed E-state index contributed by atoms with van der Waals surface area (Å²) in [6.07, 6.45) is 3.63. The van der Waals surface area contributed by atoms with Gasteiger partial charge in [-0.2, -0.15) is 0 Å². The molecular weight excluding hydrogens is 557 g/mol. The molecule has 1 saturated heterocycles. The summed E-state index contributed by atoms with van der Waals surface area (Å²) in [5.41, 5.74) is 9.34. The van der Waals surface area contributed by atoms with Gasteiger partial charge in [-0.05, 0) is 86.9 Å². The Labute approximate surface area is 259 Å². The van der Waals surface area contributed by atoms with Crippen molar-refractivity contribution in [3.05, 3.63) is 95.1 Å². The van der Waals surface area contributed by atoms with Crippen LogP contribution in [-0.2, 0) is 11.2 Å². The summed E-state index contributed by atoms with van der Waals surface area (Å²) in [5, 5.41) is 5.89. The second-order valence-electron chi connectivity index (χ2n) is 12.4. The molecule has 234 valence electrons. The third-order valence-corrected chi connectivity index (χ3v) is 8.13. The summed E-state index contributed by atoms with van der Waals surface area (Å²) < 4.78 is 13.3. The summed E-state index contributed by atoms with van der Waals surface area (Å²) in [5.74, 6) is -1.14. The molecule has 44 heavy (non-hydrogen) atoms. The summed E-state index contributed by atoms with van der Waals surface area (Å²) >= 11 is 0. The van der Waals surface area contributed by atoms with Gasteiger partial charge in [0.2, 0.25) is 5.91 Å². The number of likely N-dealkylation sites (tertiary alicyclic amines) is 1. The molecule has 0 spiro atoms. The first-order chi connectivity index (χ1) is 21.0. The van der Waals surface area contributed by atoms with Crippen molar-refractivity contribution in [2.45, 2.75) is 77.9 Å². The fraction of sp³-hybridized carbons (Fsp3) is 0.429. The molecule has 8 nitrogen and oxygen atoms in total. The van der Waals surface area contributed by atoms with Crippen LogP contribution in [0.3, 0.4) is 0 Å². The topological polar surface area (TPSA) is 117 Å². The number of nitrogens with two attached hydrogens (primary N) is 1. The third kappa shape index (κ3) is 8.95. The maximum atomic E-state index is 13.7. The molecule has 2 aromatic carbocycles. The van der Waals surface area contributed by atoms with Gasteiger partial charge in [-0.1, -0.05) is 51.1 Å². The number of pyridine rings is 1. The van der Waals surface area contributed by atoms with Gasteiger partial charge in [0, 0.05) is 47.5 Å². The zero-order valence-electron chi connectivity index (χ0n) is 26.1. The largest absolute Gasteiger partial charge is 0.347 e. The predicted molar refractivity (Wildman–Crippen MR) is 171 cm³/mol. The molecule has 2 heterocycles. The van der Waals surface area contributed by atoms with Crippen LogP contribution >= 0.6 is 0 Å². The van der Waals surface area contributed by atoms with Gasteiger partial charge >= 0.3 is 0 Å². The SMILES string of the molecule is Cc1cc(C(=O)N[C@@H](Cc2ccccc2)[C@@H](N)C[C@@H](C)C(=O)Nc2ccc(F)cc2)cc(C(=O)N2CCC[C@@H]2CC(C)C)n1. The minimum atomic E-state index is -0.557. The Morgan fingerprint density at radius 1 is 1.05 bits per heavy atom. The van der Waals surface area contributed by atoms with Crippen LogP contribution in [0.25, 0.3) is 0 Å². The Kier molecular flexibility index (Phi) is 11.2. The molecule has 4 rings (SSSR count). The van der Waals surface area contributed by atoms with Crippen molar-refractivity contribution in [3.8, 4) is 0 Å². The number of nitrogens with zero attached hydrogens (tertiary/aromatic N) is 2. The molecule has 1 fully saturated rings. The summed E-state index contributed by atoms with van der Waals surface area (Å²) in [6, 6.07) is 17.6. The van der Waals surface area contributed by atoms with Gasteiger partial charge in [0.25, 0.3) is 11.8 Å². The molecule has 0 bridgehead atoms. The van der Waals surface area contributed by atoms with Crippen molar-refractivity contribution < 1.29 is 18.8 Å². The average Bonchev–Trinajstić information content (AvgIpc) is 3.45. The van der Waals surface area contributed by atoms with Crippen molar-refractivity contribution in [1.82, 2.24) is 15.2 Å². The van der Waals surface area contributed by atoms with Gasteiger partial charge < -0.3 is 21.3 Å². The van der Waals surface area contributed by atoms with Gasteiger partial charge in [0.15, 0.2) is 0 Å². The van der Waals surface area contributed by atoms with Crippen LogP contribution in [0.15, 0.2) is 66.7 Å². The Morgan fingerprint density at radius 2 is 1.75 bits per heavy atom. The minimum Gasteiger partial charge on any atom is -0.347 e. The molecule has 0 saturated carbocycles. The van der Waals surface area contributed by atoms with Gasteiger partial charge in [-0.15, -0.1) is 0 Å². The molecule has 4 atom stereocenters. The number of aryl methyl sites for hydroxylation is 1. The van der Waals surface area contributed by atoms with Crippen LogP contribution in [0.2, 0.25) is 0 Å². The predicted octanol–water partition coefficient (Wildman–Crippen LogP) is 5.51. The Hall–Kier alpha value is -4.11. The third-order valence-electron chi connectivity index (χ3n) is 8.13. The number of nitrogens with one attached hydrogen (secondary N) is 2. The van der Waals surface area contributed by atoms with Crippen molar-refractivity contribution in [2.75, 3.05) is 11.9 Å². The van der Waals surface area contributed by atoms with Gasteiger partial charge in [-0.3, -0.25) is 14.4 Å². The standard InChI is InChI=1S/C35H44FN5O3/c1-22(2)17-29-11-8-16-41(29)35(44)32-21-26(19-24(4)38-32)34(43)40-31(20-25-9-6-5-7-10-25)30(37)18-23(3)33(42)39-28-14-12-27(36)13-15-28/h5-7,9-10,12-15,19,21-23,29-31H,8,11,16-18,20,37H2,1-4H3,(H,39,42)(H,40,43)/t23-,29-,30+,31+/m1/s1. The highest BCUT2D eigenvalue weighted by Gasteiger charge is 2.31. The summed E-state index contributed by atoms with van der Waals surface area (Å²) in [7, 11) is 0. The molecule has 4 N–H and O–H groups in total. The van der Waals surface area contributed by atoms with Crippen LogP contribution in [0.1, 0.15) is 78.6 Å². The summed E-state index contributed by atoms with van der Waals surface area (Å²) in [4.78, 5) is 46.5. The first-order valence-electron chi connectivity index (χ1n) is 15.5. The van der Waals surface area contributed by atoms with E-state index in [2.05, 4.69) is 29.5 Å².